The zero-order valence-electron chi connectivity index (χ0n) is 10.9. The molecule has 0 N–H and O–H groups in total. The van der Waals surface area contributed by atoms with Gasteiger partial charge >= 0.3 is 0 Å². The van der Waals surface area contributed by atoms with E-state index < -0.39 is 0 Å². The summed E-state index contributed by atoms with van der Waals surface area (Å²) in [7, 11) is 5.95. The van der Waals surface area contributed by atoms with Crippen molar-refractivity contribution in [2.75, 3.05) is 0 Å². The van der Waals surface area contributed by atoms with E-state index in [1.54, 1.807) is 0 Å². The van der Waals surface area contributed by atoms with Gasteiger partial charge in [0, 0.05) is 5.41 Å². The molecule has 0 aromatic heterocycles. The summed E-state index contributed by atoms with van der Waals surface area (Å²) in [5, 5.41) is 0. The Morgan fingerprint density at radius 1 is 1.12 bits per heavy atom. The van der Waals surface area contributed by atoms with Crippen LogP contribution in [0.5, 0.6) is 0 Å². The van der Waals surface area contributed by atoms with Crippen molar-refractivity contribution in [1.82, 2.24) is 0 Å². The smallest absolute Gasteiger partial charge is 0.0964 e. The Labute approximate surface area is 101 Å². The fraction of sp³-hybridized carbons (Fsp3) is 0.600. The zero-order valence-corrected chi connectivity index (χ0v) is 10.9. The normalized spacial score (nSPS) is 18.1. The van der Waals surface area contributed by atoms with E-state index in [-0.39, 0.29) is 0 Å². The highest BCUT2D eigenvalue weighted by molar-refractivity contribution is 6.32. The Morgan fingerprint density at radius 2 is 1.75 bits per heavy atom. The molecule has 0 bridgehead atoms. The van der Waals surface area contributed by atoms with Crippen LogP contribution in [0, 0.1) is 11.8 Å². The first kappa shape index (κ1) is 11.8. The van der Waals surface area contributed by atoms with Gasteiger partial charge in [-0.25, -0.2) is 0 Å². The van der Waals surface area contributed by atoms with Gasteiger partial charge in [0.15, 0.2) is 0 Å². The fourth-order valence-electron chi connectivity index (χ4n) is 3.59. The molecule has 84 valence electrons. The average Bonchev–Trinajstić information content (AvgIpc) is 2.57. The highest BCUT2D eigenvalue weighted by Gasteiger charge is 2.43. The van der Waals surface area contributed by atoms with E-state index in [1.165, 1.54) is 24.0 Å². The molecule has 1 heteroatoms. The quantitative estimate of drug-likeness (QED) is 0.661. The van der Waals surface area contributed by atoms with Gasteiger partial charge in [0.2, 0.25) is 0 Å². The maximum atomic E-state index is 5.95. The Morgan fingerprint density at radius 3 is 2.31 bits per heavy atom. The third-order valence-corrected chi connectivity index (χ3v) is 4.50. The van der Waals surface area contributed by atoms with Crippen LogP contribution < -0.4 is 5.46 Å². The minimum Gasteiger partial charge on any atom is -0.0964 e. The van der Waals surface area contributed by atoms with Crippen molar-refractivity contribution in [3.05, 3.63) is 29.3 Å². The third-order valence-electron chi connectivity index (χ3n) is 4.50. The molecule has 16 heavy (non-hydrogen) atoms. The van der Waals surface area contributed by atoms with Crippen molar-refractivity contribution in [2.24, 2.45) is 11.8 Å². The molecular weight excluding hydrogens is 191 g/mol. The monoisotopic (exact) mass is 212 g/mol. The van der Waals surface area contributed by atoms with Crippen molar-refractivity contribution in [3.63, 3.8) is 0 Å². The van der Waals surface area contributed by atoms with Gasteiger partial charge in [-0.3, -0.25) is 0 Å². The van der Waals surface area contributed by atoms with Gasteiger partial charge in [-0.05, 0) is 35.8 Å². The molecule has 1 aliphatic rings. The molecule has 2 radical (unpaired) electrons. The molecule has 0 fully saturated rings. The Kier molecular flexibility index (Phi) is 2.90. The number of benzene rings is 1. The third kappa shape index (κ3) is 1.52. The minimum atomic E-state index is 0.338. The van der Waals surface area contributed by atoms with Crippen LogP contribution in [0.25, 0.3) is 0 Å². The van der Waals surface area contributed by atoms with Gasteiger partial charge in [0.1, 0.15) is 7.85 Å². The maximum Gasteiger partial charge on any atom is 0.113 e. The molecule has 1 aliphatic carbocycles. The predicted octanol–water partition coefficient (Wildman–Crippen LogP) is 2.98. The number of aryl methyl sites for hydroxylation is 1. The molecule has 1 aromatic carbocycles. The summed E-state index contributed by atoms with van der Waals surface area (Å²) >= 11 is 0. The van der Waals surface area contributed by atoms with E-state index in [9.17, 15) is 0 Å². The molecule has 0 unspecified atom stereocenters. The second kappa shape index (κ2) is 3.94. The molecule has 0 saturated heterocycles. The van der Waals surface area contributed by atoms with E-state index in [0.717, 1.165) is 5.46 Å². The van der Waals surface area contributed by atoms with Gasteiger partial charge in [0.05, 0.1) is 0 Å². The van der Waals surface area contributed by atoms with Crippen molar-refractivity contribution >= 4 is 13.3 Å². The largest absolute Gasteiger partial charge is 0.113 e. The summed E-state index contributed by atoms with van der Waals surface area (Å²) in [4.78, 5) is 0. The SMILES string of the molecule is [B]c1ccc2c(c1)C(C(C)C)(C(C)C)CC2. The summed E-state index contributed by atoms with van der Waals surface area (Å²) < 4.78 is 0. The Bertz CT molecular complexity index is 382. The van der Waals surface area contributed by atoms with Gasteiger partial charge in [-0.1, -0.05) is 51.4 Å². The first-order valence-electron chi connectivity index (χ1n) is 6.37. The highest BCUT2D eigenvalue weighted by Crippen LogP contribution is 2.48. The molecule has 0 heterocycles. The van der Waals surface area contributed by atoms with E-state index in [0.29, 0.717) is 17.3 Å². The van der Waals surface area contributed by atoms with Crippen molar-refractivity contribution in [1.29, 1.82) is 0 Å². The lowest BCUT2D eigenvalue weighted by molar-refractivity contribution is 0.218. The number of hydrogen-bond donors (Lipinski definition) is 0. The molecule has 0 aliphatic heterocycles. The van der Waals surface area contributed by atoms with Crippen LogP contribution in [0.1, 0.15) is 45.2 Å². The standard InChI is InChI=1S/C15H21B/c1-10(2)15(11(3)4)8-7-12-5-6-13(16)9-14(12)15/h5-6,9-11H,7-8H2,1-4H3. The Balaban J connectivity index is 2.58. The summed E-state index contributed by atoms with van der Waals surface area (Å²) in [6, 6.07) is 6.47. The van der Waals surface area contributed by atoms with Crippen LogP contribution in [0.3, 0.4) is 0 Å². The van der Waals surface area contributed by atoms with Gasteiger partial charge in [-0.2, -0.15) is 0 Å². The second-order valence-electron chi connectivity index (χ2n) is 5.77. The molecule has 0 nitrogen and oxygen atoms in total. The van der Waals surface area contributed by atoms with E-state index in [4.69, 9.17) is 7.85 Å². The summed E-state index contributed by atoms with van der Waals surface area (Å²) in [6.07, 6.45) is 2.49. The summed E-state index contributed by atoms with van der Waals surface area (Å²) in [6.45, 7) is 9.38. The molecule has 0 spiro atoms. The fourth-order valence-corrected chi connectivity index (χ4v) is 3.59. The Hall–Kier alpha value is -0.715. The number of fused-ring (bicyclic) bond motifs is 1. The molecular formula is C15H21B. The van der Waals surface area contributed by atoms with Crippen molar-refractivity contribution in [2.45, 2.75) is 46.0 Å². The molecule has 2 rings (SSSR count). The van der Waals surface area contributed by atoms with E-state index in [2.05, 4.69) is 39.8 Å². The van der Waals surface area contributed by atoms with Gasteiger partial charge in [-0.15, -0.1) is 0 Å². The first-order valence-corrected chi connectivity index (χ1v) is 6.37. The van der Waals surface area contributed by atoms with Crippen LogP contribution in [0.2, 0.25) is 0 Å². The maximum absolute atomic E-state index is 5.95. The molecule has 0 atom stereocenters. The minimum absolute atomic E-state index is 0.338. The van der Waals surface area contributed by atoms with Gasteiger partial charge < -0.3 is 0 Å². The van der Waals surface area contributed by atoms with Crippen LogP contribution in [-0.2, 0) is 11.8 Å². The molecule has 1 aromatic rings. The van der Waals surface area contributed by atoms with Crippen LogP contribution in [0.15, 0.2) is 18.2 Å². The van der Waals surface area contributed by atoms with E-state index in [1.807, 2.05) is 6.07 Å². The summed E-state index contributed by atoms with van der Waals surface area (Å²) in [5.74, 6) is 1.35. The number of hydrogen-bond acceptors (Lipinski definition) is 0. The predicted molar refractivity (Wildman–Crippen MR) is 71.5 cm³/mol. The highest BCUT2D eigenvalue weighted by atomic mass is 14.5. The van der Waals surface area contributed by atoms with Crippen LogP contribution >= 0.6 is 0 Å². The zero-order chi connectivity index (χ0) is 11.9. The molecule has 0 amide bonds. The lowest BCUT2D eigenvalue weighted by Gasteiger charge is -2.39. The lowest BCUT2D eigenvalue weighted by atomic mass is 9.65. The van der Waals surface area contributed by atoms with E-state index >= 15 is 0 Å². The lowest BCUT2D eigenvalue weighted by Crippen LogP contribution is -2.36. The van der Waals surface area contributed by atoms with Gasteiger partial charge in [0.25, 0.3) is 0 Å². The average molecular weight is 212 g/mol. The summed E-state index contributed by atoms with van der Waals surface area (Å²) in [5.41, 5.74) is 4.27. The van der Waals surface area contributed by atoms with Crippen molar-refractivity contribution < 1.29 is 0 Å². The molecule has 0 saturated carbocycles. The number of rotatable bonds is 2. The van der Waals surface area contributed by atoms with Crippen molar-refractivity contribution in [3.8, 4) is 0 Å². The van der Waals surface area contributed by atoms with Crippen LogP contribution in [-0.4, -0.2) is 7.85 Å². The second-order valence-corrected chi connectivity index (χ2v) is 5.77. The first-order chi connectivity index (χ1) is 7.48. The topological polar surface area (TPSA) is 0 Å². The van der Waals surface area contributed by atoms with Crippen LogP contribution in [0.4, 0.5) is 0 Å².